The molecule has 17 heteroatoms. The predicted molar refractivity (Wildman–Crippen MR) is 139 cm³/mol. The average Bonchev–Trinajstić information content (AvgIpc) is 3.53. The molecule has 2 aliphatic heterocycles. The maximum absolute atomic E-state index is 12.9. The molecule has 0 radical (unpaired) electrons. The van der Waals surface area contributed by atoms with Crippen molar-refractivity contribution in [3.8, 4) is 0 Å². The molecule has 0 aromatic carbocycles. The number of hydrogen-bond donors (Lipinski definition) is 12. The van der Waals surface area contributed by atoms with Crippen molar-refractivity contribution in [1.29, 1.82) is 0 Å². The second-order valence-corrected chi connectivity index (χ2v) is 11.3. The van der Waals surface area contributed by atoms with Gasteiger partial charge in [-0.25, -0.2) is 4.99 Å². The van der Waals surface area contributed by atoms with Crippen molar-refractivity contribution in [3.05, 3.63) is 0 Å². The third-order valence-electron chi connectivity index (χ3n) is 8.54. The van der Waals surface area contributed by atoms with Crippen LogP contribution in [0.3, 0.4) is 0 Å². The minimum Gasteiger partial charge on any atom is -0.394 e. The number of hydrogen-bond acceptors (Lipinski definition) is 14. The molecule has 4 rings (SSSR count). The first-order valence-electron chi connectivity index (χ1n) is 13.5. The summed E-state index contributed by atoms with van der Waals surface area (Å²) in [4.78, 5) is 17.2. The van der Waals surface area contributed by atoms with E-state index >= 15 is 0 Å². The Morgan fingerprint density at radius 1 is 1.07 bits per heavy atom. The molecule has 230 valence electrons. The summed E-state index contributed by atoms with van der Waals surface area (Å²) in [5.41, 5.74) is 33.6. The third kappa shape index (κ3) is 6.06. The van der Waals surface area contributed by atoms with Crippen molar-refractivity contribution in [2.24, 2.45) is 45.3 Å². The summed E-state index contributed by atoms with van der Waals surface area (Å²) in [7, 11) is 0. The predicted octanol–water partition coefficient (Wildman–Crippen LogP) is -7.06. The Morgan fingerprint density at radius 2 is 1.75 bits per heavy atom. The monoisotopic (exact) mass is 576 g/mol. The van der Waals surface area contributed by atoms with Gasteiger partial charge in [0.05, 0.1) is 43.0 Å². The molecule has 3 unspecified atom stereocenters. The van der Waals surface area contributed by atoms with Crippen LogP contribution in [0.4, 0.5) is 0 Å². The maximum Gasteiger partial charge on any atom is 0.253 e. The number of aliphatic imine (C=N–C) groups is 1. The Labute approximate surface area is 231 Å². The number of aliphatic hydroxyl groups is 5. The van der Waals surface area contributed by atoms with Crippen LogP contribution in [0.15, 0.2) is 4.99 Å². The number of nitrogens with zero attached hydrogens (tertiary/aromatic N) is 1. The van der Waals surface area contributed by atoms with Gasteiger partial charge in [0.2, 0.25) is 0 Å². The largest absolute Gasteiger partial charge is 0.394 e. The quantitative estimate of drug-likeness (QED) is 0.0943. The Kier molecular flexibility index (Phi) is 9.55. The average molecular weight is 577 g/mol. The van der Waals surface area contributed by atoms with E-state index in [9.17, 15) is 30.3 Å². The smallest absolute Gasteiger partial charge is 0.253 e. The highest BCUT2D eigenvalue weighted by molar-refractivity contribution is 5.89. The summed E-state index contributed by atoms with van der Waals surface area (Å²) in [6.45, 7) is -0.407. The molecule has 0 bridgehead atoms. The minimum absolute atomic E-state index is 0.0477. The molecule has 4 aliphatic rings. The van der Waals surface area contributed by atoms with E-state index in [2.05, 4.69) is 10.3 Å². The molecule has 2 aliphatic carbocycles. The highest BCUT2D eigenvalue weighted by Crippen LogP contribution is 2.39. The van der Waals surface area contributed by atoms with E-state index < -0.39 is 97.2 Å². The summed E-state index contributed by atoms with van der Waals surface area (Å²) < 4.78 is 17.8. The third-order valence-corrected chi connectivity index (χ3v) is 8.54. The van der Waals surface area contributed by atoms with Crippen molar-refractivity contribution >= 4 is 11.9 Å². The van der Waals surface area contributed by atoms with Gasteiger partial charge in [-0.2, -0.15) is 0 Å². The summed E-state index contributed by atoms with van der Waals surface area (Å²) in [5.74, 6) is -1.77. The maximum atomic E-state index is 12.9. The van der Waals surface area contributed by atoms with Crippen LogP contribution in [0.1, 0.15) is 25.7 Å². The number of carbonyl (C=O) groups is 1. The van der Waals surface area contributed by atoms with Crippen LogP contribution in [0.25, 0.3) is 0 Å². The molecular formula is C23H44N8O9. The van der Waals surface area contributed by atoms with Crippen LogP contribution in [-0.4, -0.2) is 135 Å². The van der Waals surface area contributed by atoms with Gasteiger partial charge in [0.15, 0.2) is 17.9 Å². The molecule has 1 amide bonds. The molecule has 0 spiro atoms. The van der Waals surface area contributed by atoms with Crippen LogP contribution in [0.5, 0.6) is 0 Å². The van der Waals surface area contributed by atoms with E-state index in [1.807, 2.05) is 0 Å². The molecule has 0 aromatic heterocycles. The summed E-state index contributed by atoms with van der Waals surface area (Å²) in [6.07, 6.45) is -8.30. The van der Waals surface area contributed by atoms with E-state index in [1.54, 1.807) is 0 Å². The Hall–Kier alpha value is -1.74. The van der Waals surface area contributed by atoms with E-state index in [0.717, 1.165) is 0 Å². The van der Waals surface area contributed by atoms with Crippen LogP contribution in [0.2, 0.25) is 0 Å². The van der Waals surface area contributed by atoms with Crippen LogP contribution >= 0.6 is 0 Å². The lowest BCUT2D eigenvalue weighted by atomic mass is 9.72. The van der Waals surface area contributed by atoms with Gasteiger partial charge in [-0.15, -0.1) is 0 Å². The van der Waals surface area contributed by atoms with E-state index in [1.165, 1.54) is 0 Å². The van der Waals surface area contributed by atoms with Gasteiger partial charge < -0.3 is 79.5 Å². The molecular weight excluding hydrogens is 532 g/mol. The molecule has 15 atom stereocenters. The molecule has 0 aromatic rings. The minimum atomic E-state index is -1.77. The number of nitrogens with two attached hydrogens (primary N) is 6. The van der Waals surface area contributed by atoms with Gasteiger partial charge in [0.25, 0.3) is 5.91 Å². The van der Waals surface area contributed by atoms with Crippen molar-refractivity contribution in [2.45, 2.75) is 111 Å². The normalized spacial score (nSPS) is 49.2. The first kappa shape index (κ1) is 31.2. The number of ether oxygens (including phenoxy) is 3. The number of aliphatic hydroxyl groups excluding tert-OH is 4. The summed E-state index contributed by atoms with van der Waals surface area (Å²) in [5, 5.41) is 55.4. The molecule has 2 heterocycles. The molecule has 2 saturated heterocycles. The van der Waals surface area contributed by atoms with E-state index in [4.69, 9.17) is 48.6 Å². The second kappa shape index (κ2) is 12.2. The second-order valence-electron chi connectivity index (χ2n) is 11.3. The lowest BCUT2D eigenvalue weighted by Gasteiger charge is -2.50. The Morgan fingerprint density at radius 3 is 2.33 bits per heavy atom. The van der Waals surface area contributed by atoms with Gasteiger partial charge in [-0.05, 0) is 19.3 Å². The standard InChI is InChI=1S/C23H44N8O9/c24-5-7-1-2-9(31-22(28)29)18(38-7)13-8(25)3-10(30-21(36)23(37)4-12(23)26)19(16(13)34)40-20-17(35)14(27)15(33)11(6-32)39-20/h7-20,32-35,37H,1-6,24-27H2,(H,30,36)(H4,28,29,31)/t7-,8-,9+,10+,11+,12?,13?,14-,15+,16-,17+,18-,19-,20+,23?/m0/s1. The Bertz CT molecular complexity index is 929. The topological polar surface area (TPSA) is 326 Å². The first-order chi connectivity index (χ1) is 18.8. The molecule has 2 saturated carbocycles. The molecule has 18 N–H and O–H groups in total. The fourth-order valence-electron chi connectivity index (χ4n) is 6.02. The van der Waals surface area contributed by atoms with Crippen molar-refractivity contribution in [3.63, 3.8) is 0 Å². The van der Waals surface area contributed by atoms with Crippen LogP contribution < -0.4 is 39.7 Å². The molecule has 17 nitrogen and oxygen atoms in total. The Balaban J connectivity index is 1.64. The fourth-order valence-corrected chi connectivity index (χ4v) is 6.02. The van der Waals surface area contributed by atoms with E-state index in [-0.39, 0.29) is 31.4 Å². The number of guanidine groups is 1. The number of rotatable bonds is 8. The molecule has 4 fully saturated rings. The summed E-state index contributed by atoms with van der Waals surface area (Å²) in [6, 6.07) is -4.31. The number of carbonyl (C=O) groups excluding carboxylic acids is 1. The van der Waals surface area contributed by atoms with Crippen molar-refractivity contribution in [2.75, 3.05) is 13.2 Å². The zero-order valence-corrected chi connectivity index (χ0v) is 22.1. The highest BCUT2D eigenvalue weighted by atomic mass is 16.7. The number of nitrogens with one attached hydrogen (secondary N) is 1. The summed E-state index contributed by atoms with van der Waals surface area (Å²) >= 11 is 0. The zero-order chi connectivity index (χ0) is 29.5. The lowest BCUT2D eigenvalue weighted by Crippen LogP contribution is -2.69. The lowest BCUT2D eigenvalue weighted by molar-refractivity contribution is -0.306. The van der Waals surface area contributed by atoms with E-state index in [0.29, 0.717) is 12.8 Å². The molecule has 40 heavy (non-hydrogen) atoms. The van der Waals surface area contributed by atoms with Gasteiger partial charge >= 0.3 is 0 Å². The highest BCUT2D eigenvalue weighted by Gasteiger charge is 2.59. The van der Waals surface area contributed by atoms with Crippen LogP contribution in [-0.2, 0) is 19.0 Å². The number of amides is 1. The van der Waals surface area contributed by atoms with Gasteiger partial charge in [0.1, 0.15) is 24.4 Å². The van der Waals surface area contributed by atoms with Gasteiger partial charge in [-0.3, -0.25) is 4.79 Å². The first-order valence-corrected chi connectivity index (χ1v) is 13.5. The van der Waals surface area contributed by atoms with Gasteiger partial charge in [0, 0.05) is 31.0 Å². The fraction of sp³-hybridized carbons (Fsp3) is 0.913. The van der Waals surface area contributed by atoms with Crippen LogP contribution in [0, 0.1) is 5.92 Å². The SMILES string of the molecule is NC[C@@H]1CC[C@@H](N=C(N)N)[C@@H](C2[C@@H](N)C[C@@H](NC(=O)C3(O)CC3N)[C@H](O[C@H]3O[C@H](CO)[C@@H](O)[C@H](N)[C@H]3O)[C@H]2O)O1. The van der Waals surface area contributed by atoms with Crippen molar-refractivity contribution < 1.29 is 44.5 Å². The van der Waals surface area contributed by atoms with Crippen molar-refractivity contribution in [1.82, 2.24) is 5.32 Å². The van der Waals surface area contributed by atoms with Gasteiger partial charge in [-0.1, -0.05) is 0 Å². The zero-order valence-electron chi connectivity index (χ0n) is 22.1.